The number of rotatable bonds is 5. The molecule has 0 amide bonds. The number of aryl methyl sites for hydroxylation is 1. The molecule has 0 radical (unpaired) electrons. The van der Waals surface area contributed by atoms with Gasteiger partial charge in [0, 0.05) is 21.8 Å². The van der Waals surface area contributed by atoms with Gasteiger partial charge in [-0.15, -0.1) is 11.3 Å². The molecule has 1 heterocycles. The molecule has 0 bridgehead atoms. The lowest BCUT2D eigenvalue weighted by molar-refractivity contribution is 0.354. The molecule has 1 unspecified atom stereocenters. The smallest absolute Gasteiger partial charge is 0.0388 e. The summed E-state index contributed by atoms with van der Waals surface area (Å²) in [6.07, 6.45) is 6.88. The first-order valence-corrected chi connectivity index (χ1v) is 7.87. The fourth-order valence-electron chi connectivity index (χ4n) is 2.89. The quantitative estimate of drug-likeness (QED) is 0.810. The molecule has 1 nitrogen and oxygen atoms in total. The van der Waals surface area contributed by atoms with E-state index >= 15 is 0 Å². The summed E-state index contributed by atoms with van der Waals surface area (Å²) in [5.74, 6) is 0.906. The van der Waals surface area contributed by atoms with Gasteiger partial charge in [-0.3, -0.25) is 0 Å². The second kappa shape index (κ2) is 6.01. The standard InChI is InChI=1S/C15H25NS/c1-4-14-9-10-15(17-14)12(3)16-11(2)13-7-5-6-8-13/h9-13,16H,4-8H2,1-3H3/t11-,12?/m1/s1. The van der Waals surface area contributed by atoms with Gasteiger partial charge in [-0.1, -0.05) is 19.8 Å². The van der Waals surface area contributed by atoms with Gasteiger partial charge in [-0.05, 0) is 51.2 Å². The number of hydrogen-bond acceptors (Lipinski definition) is 2. The second-order valence-corrected chi connectivity index (χ2v) is 6.58. The molecule has 0 saturated heterocycles. The van der Waals surface area contributed by atoms with Gasteiger partial charge in [0.1, 0.15) is 0 Å². The lowest BCUT2D eigenvalue weighted by Gasteiger charge is -2.24. The zero-order valence-electron chi connectivity index (χ0n) is 11.3. The van der Waals surface area contributed by atoms with E-state index in [-0.39, 0.29) is 0 Å². The highest BCUT2D eigenvalue weighted by Crippen LogP contribution is 2.30. The van der Waals surface area contributed by atoms with E-state index < -0.39 is 0 Å². The second-order valence-electron chi connectivity index (χ2n) is 5.38. The highest BCUT2D eigenvalue weighted by atomic mass is 32.1. The van der Waals surface area contributed by atoms with E-state index in [1.165, 1.54) is 35.4 Å². The van der Waals surface area contributed by atoms with Gasteiger partial charge in [-0.2, -0.15) is 0 Å². The number of nitrogens with one attached hydrogen (secondary N) is 1. The Morgan fingerprint density at radius 3 is 2.59 bits per heavy atom. The van der Waals surface area contributed by atoms with Crippen LogP contribution in [0.15, 0.2) is 12.1 Å². The van der Waals surface area contributed by atoms with Gasteiger partial charge in [0.05, 0.1) is 0 Å². The average Bonchev–Trinajstić information content (AvgIpc) is 3.00. The summed E-state index contributed by atoms with van der Waals surface area (Å²) in [5.41, 5.74) is 0. The van der Waals surface area contributed by atoms with Crippen molar-refractivity contribution in [2.75, 3.05) is 0 Å². The van der Waals surface area contributed by atoms with Crippen LogP contribution >= 0.6 is 11.3 Å². The predicted molar refractivity (Wildman–Crippen MR) is 76.7 cm³/mol. The summed E-state index contributed by atoms with van der Waals surface area (Å²) in [6.45, 7) is 6.90. The molecule has 1 N–H and O–H groups in total. The molecule has 1 aliphatic carbocycles. The van der Waals surface area contributed by atoms with Gasteiger partial charge >= 0.3 is 0 Å². The maximum atomic E-state index is 3.79. The van der Waals surface area contributed by atoms with Gasteiger partial charge in [0.2, 0.25) is 0 Å². The Bertz CT molecular complexity index is 338. The van der Waals surface area contributed by atoms with Crippen LogP contribution in [0.4, 0.5) is 0 Å². The Morgan fingerprint density at radius 2 is 2.00 bits per heavy atom. The summed E-state index contributed by atoms with van der Waals surface area (Å²) in [7, 11) is 0. The van der Waals surface area contributed by atoms with Crippen LogP contribution in [0, 0.1) is 5.92 Å². The third kappa shape index (κ3) is 3.32. The van der Waals surface area contributed by atoms with E-state index in [1.54, 1.807) is 0 Å². The maximum absolute atomic E-state index is 3.79. The zero-order valence-corrected chi connectivity index (χ0v) is 12.1. The Balaban J connectivity index is 1.89. The Morgan fingerprint density at radius 1 is 1.29 bits per heavy atom. The van der Waals surface area contributed by atoms with Gasteiger partial charge in [0.25, 0.3) is 0 Å². The minimum atomic E-state index is 0.510. The third-order valence-electron chi connectivity index (χ3n) is 4.08. The summed E-state index contributed by atoms with van der Waals surface area (Å²) >= 11 is 1.96. The maximum Gasteiger partial charge on any atom is 0.0388 e. The monoisotopic (exact) mass is 251 g/mol. The van der Waals surface area contributed by atoms with Crippen LogP contribution in [-0.2, 0) is 6.42 Å². The minimum absolute atomic E-state index is 0.510. The first-order chi connectivity index (χ1) is 8.20. The van der Waals surface area contributed by atoms with Crippen molar-refractivity contribution in [2.24, 2.45) is 5.92 Å². The molecular formula is C15H25NS. The van der Waals surface area contributed by atoms with Crippen LogP contribution in [0.2, 0.25) is 0 Å². The van der Waals surface area contributed by atoms with E-state index in [0.717, 1.165) is 12.3 Å². The molecule has 2 atom stereocenters. The lowest BCUT2D eigenvalue weighted by Crippen LogP contribution is -2.33. The largest absolute Gasteiger partial charge is 0.307 e. The van der Waals surface area contributed by atoms with Gasteiger partial charge in [0.15, 0.2) is 0 Å². The summed E-state index contributed by atoms with van der Waals surface area (Å²) < 4.78 is 0. The SMILES string of the molecule is CCc1ccc(C(C)N[C@H](C)C2CCCC2)s1. The van der Waals surface area contributed by atoms with Gasteiger partial charge < -0.3 is 5.32 Å². The fraction of sp³-hybridized carbons (Fsp3) is 0.733. The molecular weight excluding hydrogens is 226 g/mol. The number of hydrogen-bond donors (Lipinski definition) is 1. The Hall–Kier alpha value is -0.340. The molecule has 2 rings (SSSR count). The molecule has 1 aliphatic rings. The van der Waals surface area contributed by atoms with Crippen LogP contribution in [0.5, 0.6) is 0 Å². The lowest BCUT2D eigenvalue weighted by atomic mass is 9.99. The molecule has 1 saturated carbocycles. The van der Waals surface area contributed by atoms with Gasteiger partial charge in [-0.25, -0.2) is 0 Å². The molecule has 1 aromatic heterocycles. The summed E-state index contributed by atoms with van der Waals surface area (Å²) in [6, 6.07) is 5.75. The highest BCUT2D eigenvalue weighted by Gasteiger charge is 2.23. The van der Waals surface area contributed by atoms with Crippen molar-refractivity contribution in [1.82, 2.24) is 5.32 Å². The molecule has 0 aromatic carbocycles. The Labute approximate surface area is 110 Å². The van der Waals surface area contributed by atoms with Crippen molar-refractivity contribution in [2.45, 2.75) is 65.0 Å². The van der Waals surface area contributed by atoms with Crippen molar-refractivity contribution >= 4 is 11.3 Å². The molecule has 2 heteroatoms. The van der Waals surface area contributed by atoms with Crippen LogP contribution in [0.1, 0.15) is 62.3 Å². The minimum Gasteiger partial charge on any atom is -0.307 e. The highest BCUT2D eigenvalue weighted by molar-refractivity contribution is 7.12. The summed E-state index contributed by atoms with van der Waals surface area (Å²) in [4.78, 5) is 2.99. The van der Waals surface area contributed by atoms with Crippen molar-refractivity contribution in [3.8, 4) is 0 Å². The van der Waals surface area contributed by atoms with E-state index in [1.807, 2.05) is 11.3 Å². The van der Waals surface area contributed by atoms with Crippen molar-refractivity contribution in [1.29, 1.82) is 0 Å². The zero-order chi connectivity index (χ0) is 12.3. The van der Waals surface area contributed by atoms with Crippen LogP contribution in [0.3, 0.4) is 0 Å². The van der Waals surface area contributed by atoms with Crippen molar-refractivity contribution < 1.29 is 0 Å². The molecule has 96 valence electrons. The molecule has 1 fully saturated rings. The Kier molecular flexibility index (Phi) is 4.63. The molecule has 0 aliphatic heterocycles. The first-order valence-electron chi connectivity index (χ1n) is 7.05. The average molecular weight is 251 g/mol. The summed E-state index contributed by atoms with van der Waals surface area (Å²) in [5, 5.41) is 3.79. The number of thiophene rings is 1. The topological polar surface area (TPSA) is 12.0 Å². The van der Waals surface area contributed by atoms with Crippen molar-refractivity contribution in [3.63, 3.8) is 0 Å². The van der Waals surface area contributed by atoms with E-state index in [0.29, 0.717) is 12.1 Å². The molecule has 0 spiro atoms. The predicted octanol–water partition coefficient (Wildman–Crippen LogP) is 4.54. The van der Waals surface area contributed by atoms with E-state index in [4.69, 9.17) is 0 Å². The first kappa shape index (κ1) is 13.1. The molecule has 17 heavy (non-hydrogen) atoms. The van der Waals surface area contributed by atoms with Crippen LogP contribution in [-0.4, -0.2) is 6.04 Å². The normalized spacial score (nSPS) is 20.6. The van der Waals surface area contributed by atoms with Crippen LogP contribution < -0.4 is 5.32 Å². The molecule has 1 aromatic rings. The van der Waals surface area contributed by atoms with Crippen LogP contribution in [0.25, 0.3) is 0 Å². The van der Waals surface area contributed by atoms with E-state index in [9.17, 15) is 0 Å². The van der Waals surface area contributed by atoms with Crippen molar-refractivity contribution in [3.05, 3.63) is 21.9 Å². The fourth-order valence-corrected chi connectivity index (χ4v) is 3.85. The van der Waals surface area contributed by atoms with E-state index in [2.05, 4.69) is 38.2 Å². The third-order valence-corrected chi connectivity index (χ3v) is 5.49.